The third-order valence-corrected chi connectivity index (χ3v) is 6.72. The van der Waals surface area contributed by atoms with Crippen LogP contribution in [0.2, 0.25) is 0 Å². The Balaban J connectivity index is 1.52. The molecule has 5 rings (SSSR count). The fourth-order valence-electron chi connectivity index (χ4n) is 4.71. The number of methoxy groups -OCH3 is 2. The Kier molecular flexibility index (Phi) is 7.77. The van der Waals surface area contributed by atoms with Gasteiger partial charge in [0.05, 0.1) is 25.8 Å². The largest absolute Gasteiger partial charge is 0.507 e. The van der Waals surface area contributed by atoms with Gasteiger partial charge in [0.15, 0.2) is 11.5 Å². The summed E-state index contributed by atoms with van der Waals surface area (Å²) < 4.78 is 16.7. The molecule has 1 saturated heterocycles. The minimum absolute atomic E-state index is 0.0148. The predicted octanol–water partition coefficient (Wildman–Crippen LogP) is 5.30. The van der Waals surface area contributed by atoms with Crippen LogP contribution in [0, 0.1) is 0 Å². The zero-order valence-corrected chi connectivity index (χ0v) is 22.1. The van der Waals surface area contributed by atoms with E-state index in [1.165, 1.54) is 19.1 Å². The van der Waals surface area contributed by atoms with E-state index >= 15 is 0 Å². The van der Waals surface area contributed by atoms with Crippen molar-refractivity contribution in [3.63, 3.8) is 0 Å². The van der Waals surface area contributed by atoms with Gasteiger partial charge in [-0.2, -0.15) is 0 Å². The maximum atomic E-state index is 13.4. The summed E-state index contributed by atoms with van der Waals surface area (Å²) >= 11 is 0. The Hall–Kier alpha value is -5.11. The highest BCUT2D eigenvalue weighted by Gasteiger charge is 2.46. The summed E-state index contributed by atoms with van der Waals surface area (Å²) in [6.45, 7) is 0.519. The Labute approximate surface area is 232 Å². The summed E-state index contributed by atoms with van der Waals surface area (Å²) in [5.41, 5.74) is 2.73. The number of likely N-dealkylation sites (tertiary alicyclic amines) is 1. The first-order valence-corrected chi connectivity index (χ1v) is 12.7. The number of carbonyl (C=O) groups is 2. The number of ether oxygens (including phenoxy) is 3. The van der Waals surface area contributed by atoms with Gasteiger partial charge in [0.1, 0.15) is 18.1 Å². The molecule has 1 amide bonds. The molecule has 1 unspecified atom stereocenters. The number of ketones is 1. The van der Waals surface area contributed by atoms with E-state index in [4.69, 9.17) is 14.2 Å². The van der Waals surface area contributed by atoms with Crippen molar-refractivity contribution in [2.75, 3.05) is 14.2 Å². The van der Waals surface area contributed by atoms with Gasteiger partial charge in [-0.15, -0.1) is 0 Å². The lowest BCUT2D eigenvalue weighted by molar-refractivity contribution is -0.140. The van der Waals surface area contributed by atoms with E-state index in [1.54, 1.807) is 60.9 Å². The molecule has 1 fully saturated rings. The first kappa shape index (κ1) is 26.5. The average molecular weight is 537 g/mol. The SMILES string of the molecule is COc1ccc(C2/C(=C(\O)c3ccc(OCc4ccccc4)cc3)C(=O)C(=O)N2Cc2cccnc2)cc1OC. The van der Waals surface area contributed by atoms with Crippen molar-refractivity contribution in [1.29, 1.82) is 0 Å². The van der Waals surface area contributed by atoms with Gasteiger partial charge >= 0.3 is 0 Å². The van der Waals surface area contributed by atoms with Crippen LogP contribution in [-0.2, 0) is 22.7 Å². The molecule has 1 N–H and O–H groups in total. The van der Waals surface area contributed by atoms with Gasteiger partial charge in [-0.05, 0) is 59.2 Å². The van der Waals surface area contributed by atoms with Crippen LogP contribution in [0.1, 0.15) is 28.3 Å². The molecule has 202 valence electrons. The lowest BCUT2D eigenvalue weighted by Crippen LogP contribution is -2.29. The van der Waals surface area contributed by atoms with Gasteiger partial charge in [0.25, 0.3) is 11.7 Å². The molecule has 0 saturated carbocycles. The highest BCUT2D eigenvalue weighted by Crippen LogP contribution is 2.42. The van der Waals surface area contributed by atoms with Gasteiger partial charge in [0, 0.05) is 24.5 Å². The van der Waals surface area contributed by atoms with E-state index in [1.807, 2.05) is 36.4 Å². The number of aliphatic hydroxyl groups is 1. The van der Waals surface area contributed by atoms with E-state index in [0.717, 1.165) is 11.1 Å². The first-order valence-electron chi connectivity index (χ1n) is 12.7. The minimum Gasteiger partial charge on any atom is -0.507 e. The van der Waals surface area contributed by atoms with Crippen LogP contribution >= 0.6 is 0 Å². The number of nitrogens with zero attached hydrogens (tertiary/aromatic N) is 2. The summed E-state index contributed by atoms with van der Waals surface area (Å²) in [5, 5.41) is 11.4. The minimum atomic E-state index is -0.867. The third-order valence-electron chi connectivity index (χ3n) is 6.72. The summed E-state index contributed by atoms with van der Waals surface area (Å²) in [6.07, 6.45) is 3.27. The van der Waals surface area contributed by atoms with E-state index < -0.39 is 17.7 Å². The quantitative estimate of drug-likeness (QED) is 0.176. The molecule has 1 aliphatic heterocycles. The molecule has 0 radical (unpaired) electrons. The van der Waals surface area contributed by atoms with Crippen LogP contribution in [0.15, 0.2) is 103 Å². The Morgan fingerprint density at radius 1 is 0.875 bits per heavy atom. The van der Waals surface area contributed by atoms with Crippen LogP contribution in [0.25, 0.3) is 5.76 Å². The van der Waals surface area contributed by atoms with Crippen molar-refractivity contribution in [3.8, 4) is 17.2 Å². The van der Waals surface area contributed by atoms with Crippen LogP contribution in [0.5, 0.6) is 17.2 Å². The standard InChI is InChI=1S/C32H28N2O6/c1-38-26-15-12-24(17-27(26)39-2)29-28(31(36)32(37)34(29)19-22-9-6-16-33-18-22)30(35)23-10-13-25(14-11-23)40-20-21-7-4-3-5-8-21/h3-18,29,35H,19-20H2,1-2H3/b30-28+. The lowest BCUT2D eigenvalue weighted by atomic mass is 9.94. The van der Waals surface area contributed by atoms with Crippen molar-refractivity contribution in [1.82, 2.24) is 9.88 Å². The van der Waals surface area contributed by atoms with Gasteiger partial charge in [0.2, 0.25) is 0 Å². The van der Waals surface area contributed by atoms with Crippen LogP contribution < -0.4 is 14.2 Å². The molecule has 1 atom stereocenters. The zero-order valence-electron chi connectivity index (χ0n) is 22.1. The summed E-state index contributed by atoms with van der Waals surface area (Å²) in [4.78, 5) is 32.3. The second-order valence-electron chi connectivity index (χ2n) is 9.20. The summed E-state index contributed by atoms with van der Waals surface area (Å²) in [5.74, 6) is -0.220. The number of Topliss-reactive ketones (excluding diaryl/α,β-unsaturated/α-hetero) is 1. The number of rotatable bonds is 9. The normalized spacial score (nSPS) is 16.1. The number of benzene rings is 3. The Morgan fingerprint density at radius 3 is 2.27 bits per heavy atom. The maximum absolute atomic E-state index is 13.4. The first-order chi connectivity index (χ1) is 19.5. The molecule has 4 aromatic rings. The number of hydrogen-bond donors (Lipinski definition) is 1. The molecule has 0 spiro atoms. The highest BCUT2D eigenvalue weighted by atomic mass is 16.5. The van der Waals surface area contributed by atoms with Crippen molar-refractivity contribution in [2.45, 2.75) is 19.2 Å². The van der Waals surface area contributed by atoms with Gasteiger partial charge in [-0.1, -0.05) is 42.5 Å². The highest BCUT2D eigenvalue weighted by molar-refractivity contribution is 6.46. The summed E-state index contributed by atoms with van der Waals surface area (Å²) in [7, 11) is 3.04. The smallest absolute Gasteiger partial charge is 0.295 e. The number of amides is 1. The number of aromatic nitrogens is 1. The number of carbonyl (C=O) groups excluding carboxylic acids is 2. The molecule has 8 nitrogen and oxygen atoms in total. The molecule has 0 aliphatic carbocycles. The van der Waals surface area contributed by atoms with Crippen LogP contribution in [-0.4, -0.2) is 40.9 Å². The van der Waals surface area contributed by atoms with Gasteiger partial charge < -0.3 is 24.2 Å². The number of pyridine rings is 1. The fourth-order valence-corrected chi connectivity index (χ4v) is 4.71. The molecule has 1 aromatic heterocycles. The van der Waals surface area contributed by atoms with E-state index in [0.29, 0.717) is 35.0 Å². The van der Waals surface area contributed by atoms with Crippen molar-refractivity contribution < 1.29 is 28.9 Å². The second-order valence-corrected chi connectivity index (χ2v) is 9.20. The predicted molar refractivity (Wildman–Crippen MR) is 149 cm³/mol. The molecular formula is C32H28N2O6. The third kappa shape index (κ3) is 5.37. The molecule has 0 bridgehead atoms. The second kappa shape index (κ2) is 11.7. The Morgan fingerprint density at radius 2 is 1.60 bits per heavy atom. The maximum Gasteiger partial charge on any atom is 0.295 e. The number of aliphatic hydroxyl groups excluding tert-OH is 1. The van der Waals surface area contributed by atoms with Crippen LogP contribution in [0.3, 0.4) is 0 Å². The van der Waals surface area contributed by atoms with E-state index in [9.17, 15) is 14.7 Å². The zero-order chi connectivity index (χ0) is 28.1. The molecule has 2 heterocycles. The lowest BCUT2D eigenvalue weighted by Gasteiger charge is -2.26. The van der Waals surface area contributed by atoms with Gasteiger partial charge in [-0.25, -0.2) is 0 Å². The molecule has 40 heavy (non-hydrogen) atoms. The topological polar surface area (TPSA) is 98.2 Å². The molecular weight excluding hydrogens is 508 g/mol. The van der Waals surface area contributed by atoms with Crippen LogP contribution in [0.4, 0.5) is 0 Å². The average Bonchev–Trinajstić information content (AvgIpc) is 3.25. The summed E-state index contributed by atoms with van der Waals surface area (Å²) in [6, 6.07) is 24.4. The molecule has 3 aromatic carbocycles. The number of hydrogen-bond acceptors (Lipinski definition) is 7. The van der Waals surface area contributed by atoms with E-state index in [2.05, 4.69) is 4.98 Å². The van der Waals surface area contributed by atoms with Gasteiger partial charge in [-0.3, -0.25) is 14.6 Å². The Bertz CT molecular complexity index is 1540. The van der Waals surface area contributed by atoms with Crippen molar-refractivity contribution in [2.24, 2.45) is 0 Å². The fraction of sp³-hybridized carbons (Fsp3) is 0.156. The van der Waals surface area contributed by atoms with Crippen molar-refractivity contribution in [3.05, 3.63) is 125 Å². The van der Waals surface area contributed by atoms with Crippen molar-refractivity contribution >= 4 is 17.4 Å². The monoisotopic (exact) mass is 536 g/mol. The van der Waals surface area contributed by atoms with E-state index in [-0.39, 0.29) is 17.9 Å². The molecule has 1 aliphatic rings. The molecule has 8 heteroatoms.